The monoisotopic (exact) mass is 238 g/mol. The third-order valence-corrected chi connectivity index (χ3v) is 4.74. The Hall–Kier alpha value is -1.39. The normalized spacial score (nSPS) is 36.4. The van der Waals surface area contributed by atoms with Gasteiger partial charge < -0.3 is 4.74 Å². The van der Waals surface area contributed by atoms with Gasteiger partial charge in [-0.2, -0.15) is 5.10 Å². The van der Waals surface area contributed by atoms with Gasteiger partial charge in [-0.05, 0) is 18.3 Å². The Bertz CT molecular complexity index is 414. The van der Waals surface area contributed by atoms with Crippen LogP contribution in [0.25, 0.3) is 0 Å². The fourth-order valence-corrected chi connectivity index (χ4v) is 3.11. The molecular weight excluding hydrogens is 220 g/mol. The molecule has 2 saturated carbocycles. The first-order valence-electron chi connectivity index (χ1n) is 5.81. The van der Waals surface area contributed by atoms with Gasteiger partial charge in [0.1, 0.15) is 5.71 Å². The van der Waals surface area contributed by atoms with Crippen LogP contribution in [0.5, 0.6) is 0 Å². The topological polar surface area (TPSA) is 67.8 Å². The number of hydrogen-bond acceptors (Lipinski definition) is 4. The van der Waals surface area contributed by atoms with Crippen LogP contribution in [0.15, 0.2) is 5.10 Å². The van der Waals surface area contributed by atoms with Crippen LogP contribution in [-0.4, -0.2) is 24.7 Å². The van der Waals surface area contributed by atoms with Gasteiger partial charge in [-0.3, -0.25) is 4.79 Å². The van der Waals surface area contributed by atoms with Gasteiger partial charge in [0.2, 0.25) is 0 Å². The summed E-state index contributed by atoms with van der Waals surface area (Å²) in [6.07, 6.45) is 1.22. The molecule has 0 aliphatic heterocycles. The molecular formula is C12H18N2O3. The maximum absolute atomic E-state index is 12.3. The van der Waals surface area contributed by atoms with Crippen molar-refractivity contribution in [2.45, 2.75) is 33.6 Å². The zero-order valence-corrected chi connectivity index (χ0v) is 10.7. The summed E-state index contributed by atoms with van der Waals surface area (Å²) in [7, 11) is 1.27. The van der Waals surface area contributed by atoms with Crippen LogP contribution in [0.4, 0.5) is 4.79 Å². The predicted molar refractivity (Wildman–Crippen MR) is 62.6 cm³/mol. The fourth-order valence-electron chi connectivity index (χ4n) is 3.11. The molecule has 1 N–H and O–H groups in total. The van der Waals surface area contributed by atoms with E-state index < -0.39 is 6.09 Å². The first-order chi connectivity index (χ1) is 7.84. The van der Waals surface area contributed by atoms with E-state index in [1.165, 1.54) is 7.11 Å². The molecule has 0 aromatic rings. The number of ketones is 1. The first-order valence-corrected chi connectivity index (χ1v) is 5.81. The summed E-state index contributed by atoms with van der Waals surface area (Å²) in [5, 5.41) is 3.94. The minimum Gasteiger partial charge on any atom is -0.452 e. The molecule has 0 aromatic carbocycles. The number of nitrogens with one attached hydrogen (secondary N) is 1. The molecule has 5 nitrogen and oxygen atoms in total. The molecule has 0 spiro atoms. The zero-order chi connectivity index (χ0) is 12.8. The van der Waals surface area contributed by atoms with Crippen molar-refractivity contribution in [2.24, 2.45) is 21.8 Å². The number of ether oxygens (including phenoxy) is 1. The van der Waals surface area contributed by atoms with Crippen LogP contribution < -0.4 is 5.43 Å². The van der Waals surface area contributed by atoms with Gasteiger partial charge in [0.05, 0.1) is 7.11 Å². The fraction of sp³-hybridized carbons (Fsp3) is 0.750. The van der Waals surface area contributed by atoms with Crippen molar-refractivity contribution in [1.82, 2.24) is 5.43 Å². The maximum Gasteiger partial charge on any atom is 0.427 e. The minimum atomic E-state index is -0.643. The largest absolute Gasteiger partial charge is 0.452 e. The van der Waals surface area contributed by atoms with E-state index in [-0.39, 0.29) is 22.5 Å². The summed E-state index contributed by atoms with van der Waals surface area (Å²) in [4.78, 5) is 23.3. The molecule has 0 saturated heterocycles. The van der Waals surface area contributed by atoms with Crippen molar-refractivity contribution in [2.75, 3.05) is 7.11 Å². The van der Waals surface area contributed by atoms with Gasteiger partial charge in [-0.15, -0.1) is 0 Å². The highest BCUT2D eigenvalue weighted by Gasteiger charge is 2.65. The molecule has 0 aromatic heterocycles. The molecule has 2 unspecified atom stereocenters. The second kappa shape index (κ2) is 3.55. The summed E-state index contributed by atoms with van der Waals surface area (Å²) < 4.78 is 4.43. The average Bonchev–Trinajstić information content (AvgIpc) is 2.59. The summed E-state index contributed by atoms with van der Waals surface area (Å²) in [6, 6.07) is 0. The third-order valence-electron chi connectivity index (χ3n) is 4.74. The van der Waals surface area contributed by atoms with Crippen LogP contribution in [0.3, 0.4) is 0 Å². The summed E-state index contributed by atoms with van der Waals surface area (Å²) in [6.45, 7) is 6.20. The Morgan fingerprint density at radius 3 is 2.59 bits per heavy atom. The predicted octanol–water partition coefficient (Wildman–Crippen LogP) is 1.72. The quantitative estimate of drug-likeness (QED) is 0.707. The molecule has 5 heteroatoms. The van der Waals surface area contributed by atoms with E-state index in [0.717, 1.165) is 12.8 Å². The summed E-state index contributed by atoms with van der Waals surface area (Å²) in [5.74, 6) is 0.201. The molecule has 2 fully saturated rings. The van der Waals surface area contributed by atoms with Crippen LogP contribution in [0.1, 0.15) is 33.6 Å². The number of carbonyl (C=O) groups is 2. The number of fused-ring (bicyclic) bond motifs is 2. The molecule has 2 aliphatic rings. The number of hydrazone groups is 1. The standard InChI is InChI=1S/C12H18N2O3/c1-11(2)7-5-6-12(11,3)9(15)8(7)13-14-10(16)17-4/h7H,5-6H2,1-4H3,(H,14,16)/b13-8+. The van der Waals surface area contributed by atoms with Crippen LogP contribution in [0.2, 0.25) is 0 Å². The van der Waals surface area contributed by atoms with Crippen LogP contribution in [-0.2, 0) is 9.53 Å². The van der Waals surface area contributed by atoms with Gasteiger partial charge in [-0.25, -0.2) is 10.2 Å². The van der Waals surface area contributed by atoms with Crippen molar-refractivity contribution in [3.05, 3.63) is 0 Å². The van der Waals surface area contributed by atoms with Gasteiger partial charge >= 0.3 is 6.09 Å². The number of rotatable bonds is 1. The van der Waals surface area contributed by atoms with E-state index in [1.807, 2.05) is 6.92 Å². The van der Waals surface area contributed by atoms with E-state index in [4.69, 9.17) is 0 Å². The molecule has 2 bridgehead atoms. The highest BCUT2D eigenvalue weighted by Crippen LogP contribution is 2.62. The summed E-state index contributed by atoms with van der Waals surface area (Å²) >= 11 is 0. The number of nitrogens with zero attached hydrogens (tertiary/aromatic N) is 1. The Morgan fingerprint density at radius 2 is 2.12 bits per heavy atom. The number of amides is 1. The van der Waals surface area contributed by atoms with Gasteiger partial charge in [0.15, 0.2) is 5.78 Å². The smallest absolute Gasteiger partial charge is 0.427 e. The highest BCUT2D eigenvalue weighted by molar-refractivity contribution is 6.45. The zero-order valence-electron chi connectivity index (χ0n) is 10.7. The van der Waals surface area contributed by atoms with Gasteiger partial charge in [0, 0.05) is 11.3 Å². The van der Waals surface area contributed by atoms with E-state index >= 15 is 0 Å². The van der Waals surface area contributed by atoms with Crippen molar-refractivity contribution < 1.29 is 14.3 Å². The van der Waals surface area contributed by atoms with E-state index in [0.29, 0.717) is 5.71 Å². The van der Waals surface area contributed by atoms with Gasteiger partial charge in [0.25, 0.3) is 0 Å². The van der Waals surface area contributed by atoms with Crippen molar-refractivity contribution in [1.29, 1.82) is 0 Å². The SMILES string of the molecule is COC(=O)N/N=C1/C(=O)C2(C)CCC1C2(C)C. The molecule has 2 atom stereocenters. The van der Waals surface area contributed by atoms with Gasteiger partial charge in [-0.1, -0.05) is 20.8 Å². The lowest BCUT2D eigenvalue weighted by Gasteiger charge is -2.31. The lowest BCUT2D eigenvalue weighted by molar-refractivity contribution is -0.123. The Labute approximate surface area is 101 Å². The molecule has 0 heterocycles. The van der Waals surface area contributed by atoms with Crippen LogP contribution >= 0.6 is 0 Å². The van der Waals surface area contributed by atoms with E-state index in [2.05, 4.69) is 29.1 Å². The average molecular weight is 238 g/mol. The number of methoxy groups -OCH3 is 1. The van der Waals surface area contributed by atoms with E-state index in [1.54, 1.807) is 0 Å². The molecule has 2 aliphatic carbocycles. The molecule has 2 rings (SSSR count). The van der Waals surface area contributed by atoms with Crippen molar-refractivity contribution >= 4 is 17.6 Å². The number of Topliss-reactive ketones (excluding diaryl/α,β-unsaturated/α-hetero) is 1. The Balaban J connectivity index is 2.29. The first kappa shape index (κ1) is 12.1. The molecule has 1 amide bonds. The molecule has 17 heavy (non-hydrogen) atoms. The van der Waals surface area contributed by atoms with Crippen molar-refractivity contribution in [3.8, 4) is 0 Å². The second-order valence-corrected chi connectivity index (χ2v) is 5.57. The lowest BCUT2D eigenvalue weighted by Crippen LogP contribution is -2.34. The Kier molecular flexibility index (Phi) is 2.52. The number of carbonyl (C=O) groups excluding carboxylic acids is 2. The molecule has 0 radical (unpaired) electrons. The molecule has 94 valence electrons. The van der Waals surface area contributed by atoms with Crippen LogP contribution in [0, 0.1) is 16.7 Å². The number of hydrogen-bond donors (Lipinski definition) is 1. The minimum absolute atomic E-state index is 0.0650. The van der Waals surface area contributed by atoms with Crippen molar-refractivity contribution in [3.63, 3.8) is 0 Å². The Morgan fingerprint density at radius 1 is 1.47 bits per heavy atom. The van der Waals surface area contributed by atoms with E-state index in [9.17, 15) is 9.59 Å². The second-order valence-electron chi connectivity index (χ2n) is 5.57. The maximum atomic E-state index is 12.3. The lowest BCUT2D eigenvalue weighted by atomic mass is 9.70. The summed E-state index contributed by atoms with van der Waals surface area (Å²) in [5.41, 5.74) is 2.32. The third kappa shape index (κ3) is 1.41. The highest BCUT2D eigenvalue weighted by atomic mass is 16.5.